The van der Waals surface area contributed by atoms with Crippen molar-refractivity contribution in [3.05, 3.63) is 42.0 Å². The maximum Gasteiger partial charge on any atom is 0.315 e. The van der Waals surface area contributed by atoms with Crippen LogP contribution < -0.4 is 26.0 Å². The molecule has 1 fully saturated rings. The third-order valence-electron chi connectivity index (χ3n) is 8.69. The summed E-state index contributed by atoms with van der Waals surface area (Å²) in [5.41, 5.74) is -0.475. The maximum absolute atomic E-state index is 14.3. The number of benzene rings is 1. The molecule has 294 valence electrons. The van der Waals surface area contributed by atoms with Gasteiger partial charge in [0.15, 0.2) is 0 Å². The number of halogens is 2. The van der Waals surface area contributed by atoms with Crippen LogP contribution in [0.5, 0.6) is 5.75 Å². The van der Waals surface area contributed by atoms with Crippen LogP contribution in [-0.4, -0.2) is 112 Å². The number of hydrogen-bond donors (Lipinski definition) is 4. The standard InChI is InChI=1S/C36H58F2N6O7S/c1-23(2)18-24-19-27(32(46)40-26(20-29(37)38)31(45)39-16-17-51-25-14-12-11-13-15-25)44(21-24)33(47)30(36(6,7)8)42-34(48)41-28(35(3,4)5)22-43(9)52(10,49)50/h11-15,18,24,26-30H,16-17,19-22H2,1-10H3,(H,39,45)(H,40,46)(H2,41,42,48)/t24?,26-,27-,28+,30+/m0/s1. The van der Waals surface area contributed by atoms with Crippen molar-refractivity contribution in [2.75, 3.05) is 39.5 Å². The second-order valence-corrected chi connectivity index (χ2v) is 17.9. The van der Waals surface area contributed by atoms with Crippen LogP contribution in [0.25, 0.3) is 0 Å². The first kappa shape index (κ1) is 44.4. The van der Waals surface area contributed by atoms with Crippen LogP contribution in [-0.2, 0) is 24.4 Å². The zero-order valence-corrected chi connectivity index (χ0v) is 32.9. The van der Waals surface area contributed by atoms with Crippen molar-refractivity contribution in [2.45, 2.75) is 98.8 Å². The molecule has 1 aliphatic rings. The van der Waals surface area contributed by atoms with Crippen LogP contribution in [0.15, 0.2) is 42.0 Å². The van der Waals surface area contributed by atoms with Gasteiger partial charge in [-0.1, -0.05) is 71.4 Å². The molecular formula is C36H58F2N6O7S. The highest BCUT2D eigenvalue weighted by Crippen LogP contribution is 2.30. The summed E-state index contributed by atoms with van der Waals surface area (Å²) < 4.78 is 58.2. The fraction of sp³-hybridized carbons (Fsp3) is 0.667. The monoisotopic (exact) mass is 756 g/mol. The van der Waals surface area contributed by atoms with E-state index in [4.69, 9.17) is 4.74 Å². The molecule has 0 radical (unpaired) electrons. The number of ether oxygens (including phenoxy) is 1. The summed E-state index contributed by atoms with van der Waals surface area (Å²) in [5.74, 6) is -1.84. The number of rotatable bonds is 16. The number of urea groups is 1. The smallest absolute Gasteiger partial charge is 0.315 e. The summed E-state index contributed by atoms with van der Waals surface area (Å²) in [6.07, 6.45) is -0.689. The van der Waals surface area contributed by atoms with Crippen LogP contribution >= 0.6 is 0 Å². The van der Waals surface area contributed by atoms with Crippen molar-refractivity contribution in [1.29, 1.82) is 0 Å². The Morgan fingerprint density at radius 2 is 1.62 bits per heavy atom. The van der Waals surface area contributed by atoms with Crippen LogP contribution in [0.3, 0.4) is 0 Å². The van der Waals surface area contributed by atoms with E-state index in [1.807, 2.05) is 46.8 Å². The van der Waals surface area contributed by atoms with Crippen molar-refractivity contribution >= 4 is 33.8 Å². The number of sulfonamides is 1. The third kappa shape index (κ3) is 14.3. The number of nitrogens with one attached hydrogen (secondary N) is 4. The zero-order valence-electron chi connectivity index (χ0n) is 32.1. The number of likely N-dealkylation sites (tertiary alicyclic amines) is 1. The number of amides is 5. The minimum absolute atomic E-state index is 0.00162. The summed E-state index contributed by atoms with van der Waals surface area (Å²) in [6.45, 7) is 14.7. The molecule has 1 unspecified atom stereocenters. The number of carbonyl (C=O) groups is 4. The molecule has 5 atom stereocenters. The second kappa shape index (κ2) is 18.8. The molecule has 52 heavy (non-hydrogen) atoms. The molecule has 1 heterocycles. The van der Waals surface area contributed by atoms with Gasteiger partial charge in [-0.05, 0) is 49.1 Å². The molecule has 1 aromatic rings. The topological polar surface area (TPSA) is 166 Å². The lowest BCUT2D eigenvalue weighted by molar-refractivity contribution is -0.142. The molecule has 0 spiro atoms. The lowest BCUT2D eigenvalue weighted by Gasteiger charge is -2.37. The largest absolute Gasteiger partial charge is 0.492 e. The normalized spacial score (nSPS) is 18.3. The number of carbonyl (C=O) groups excluding carboxylic acids is 4. The van der Waals surface area contributed by atoms with Gasteiger partial charge in [-0.25, -0.2) is 26.3 Å². The van der Waals surface area contributed by atoms with E-state index in [1.54, 1.807) is 45.0 Å². The highest BCUT2D eigenvalue weighted by Gasteiger charge is 2.45. The number of hydrogen-bond acceptors (Lipinski definition) is 7. The highest BCUT2D eigenvalue weighted by atomic mass is 32.2. The number of alkyl halides is 2. The molecule has 0 aromatic heterocycles. The zero-order chi connectivity index (χ0) is 39.6. The van der Waals surface area contributed by atoms with Gasteiger partial charge in [0, 0.05) is 32.6 Å². The lowest BCUT2D eigenvalue weighted by atomic mass is 9.85. The van der Waals surface area contributed by atoms with Gasteiger partial charge in [-0.3, -0.25) is 14.4 Å². The maximum atomic E-state index is 14.3. The van der Waals surface area contributed by atoms with E-state index in [-0.39, 0.29) is 38.6 Å². The summed E-state index contributed by atoms with van der Waals surface area (Å²) in [7, 11) is -2.14. The molecule has 1 saturated heterocycles. The SMILES string of the molecule is CC(C)=CC1C[C@@H](C(=O)N[C@@H](CC(F)F)C(=O)NCCOc2ccccc2)N(C(=O)[C@@H](NC(=O)N[C@H](CN(C)S(C)(=O)=O)C(C)(C)C)C(C)(C)C)C1. The number of allylic oxidation sites excluding steroid dienone is 1. The third-order valence-corrected chi connectivity index (χ3v) is 9.97. The van der Waals surface area contributed by atoms with Gasteiger partial charge < -0.3 is 30.9 Å². The summed E-state index contributed by atoms with van der Waals surface area (Å²) >= 11 is 0. The lowest BCUT2D eigenvalue weighted by Crippen LogP contribution is -2.62. The Labute approximate surface area is 307 Å². The minimum atomic E-state index is -3.54. The first-order chi connectivity index (χ1) is 23.9. The van der Waals surface area contributed by atoms with Crippen molar-refractivity contribution in [3.63, 3.8) is 0 Å². The summed E-state index contributed by atoms with van der Waals surface area (Å²) in [4.78, 5) is 56.0. The van der Waals surface area contributed by atoms with Gasteiger partial charge in [0.25, 0.3) is 0 Å². The van der Waals surface area contributed by atoms with Gasteiger partial charge in [-0.2, -0.15) is 0 Å². The molecule has 4 N–H and O–H groups in total. The molecule has 5 amide bonds. The van der Waals surface area contributed by atoms with Gasteiger partial charge in [0.05, 0.1) is 12.8 Å². The van der Waals surface area contributed by atoms with Crippen molar-refractivity contribution in [3.8, 4) is 5.75 Å². The van der Waals surface area contributed by atoms with Gasteiger partial charge in [0.1, 0.15) is 30.5 Å². The van der Waals surface area contributed by atoms with Crippen molar-refractivity contribution in [1.82, 2.24) is 30.5 Å². The molecular weight excluding hydrogens is 698 g/mol. The Balaban J connectivity index is 2.29. The van der Waals surface area contributed by atoms with Gasteiger partial charge >= 0.3 is 6.03 Å². The van der Waals surface area contributed by atoms with E-state index >= 15 is 0 Å². The number of para-hydroxylation sites is 1. The molecule has 1 aromatic carbocycles. The van der Waals surface area contributed by atoms with E-state index in [0.717, 1.165) is 16.1 Å². The van der Waals surface area contributed by atoms with Crippen LogP contribution in [0.2, 0.25) is 0 Å². The molecule has 1 aliphatic heterocycles. The van der Waals surface area contributed by atoms with E-state index in [1.165, 1.54) is 11.9 Å². The fourth-order valence-corrected chi connectivity index (χ4v) is 6.11. The van der Waals surface area contributed by atoms with Crippen LogP contribution in [0, 0.1) is 16.7 Å². The Hall–Kier alpha value is -3.79. The average molecular weight is 757 g/mol. The van der Waals surface area contributed by atoms with Gasteiger partial charge in [-0.15, -0.1) is 0 Å². The Bertz CT molecular complexity index is 1510. The quantitative estimate of drug-likeness (QED) is 0.148. The second-order valence-electron chi connectivity index (χ2n) is 15.8. The molecule has 0 saturated carbocycles. The van der Waals surface area contributed by atoms with Crippen molar-refractivity contribution in [2.24, 2.45) is 16.7 Å². The summed E-state index contributed by atoms with van der Waals surface area (Å²) in [5, 5.41) is 10.6. The molecule has 16 heteroatoms. The number of nitrogens with zero attached hydrogens (tertiary/aromatic N) is 2. The first-order valence-electron chi connectivity index (χ1n) is 17.4. The molecule has 13 nitrogen and oxygen atoms in total. The Morgan fingerprint density at radius 1 is 1.00 bits per heavy atom. The van der Waals surface area contributed by atoms with E-state index < -0.39 is 81.6 Å². The Morgan fingerprint density at radius 3 is 2.13 bits per heavy atom. The molecule has 0 bridgehead atoms. The molecule has 0 aliphatic carbocycles. The van der Waals surface area contributed by atoms with Crippen LogP contribution in [0.1, 0.15) is 68.2 Å². The average Bonchev–Trinajstić information content (AvgIpc) is 3.43. The van der Waals surface area contributed by atoms with Crippen LogP contribution in [0.4, 0.5) is 13.6 Å². The number of likely N-dealkylation sites (N-methyl/N-ethyl adjacent to an activating group) is 1. The first-order valence-corrected chi connectivity index (χ1v) is 19.2. The van der Waals surface area contributed by atoms with E-state index in [2.05, 4.69) is 21.3 Å². The van der Waals surface area contributed by atoms with Crippen molar-refractivity contribution < 1.29 is 41.1 Å². The van der Waals surface area contributed by atoms with Gasteiger partial charge in [0.2, 0.25) is 34.2 Å². The summed E-state index contributed by atoms with van der Waals surface area (Å²) in [6, 6.07) is 3.64. The van der Waals surface area contributed by atoms with E-state index in [9.17, 15) is 36.4 Å². The Kier molecular flexibility index (Phi) is 16.0. The minimum Gasteiger partial charge on any atom is -0.492 e. The molecule has 2 rings (SSSR count). The fourth-order valence-electron chi connectivity index (χ4n) is 5.69. The predicted molar refractivity (Wildman–Crippen MR) is 196 cm³/mol. The predicted octanol–water partition coefficient (Wildman–Crippen LogP) is 3.52. The highest BCUT2D eigenvalue weighted by molar-refractivity contribution is 7.88. The van der Waals surface area contributed by atoms with E-state index in [0.29, 0.717) is 5.75 Å².